The van der Waals surface area contributed by atoms with Gasteiger partial charge in [0.25, 0.3) is 0 Å². The van der Waals surface area contributed by atoms with Crippen LogP contribution in [0.25, 0.3) is 0 Å². The zero-order chi connectivity index (χ0) is 14.8. The Morgan fingerprint density at radius 2 is 1.89 bits per heavy atom. The van der Waals surface area contributed by atoms with Crippen LogP contribution in [0.5, 0.6) is 5.75 Å². The number of rotatable bonds is 5. The van der Waals surface area contributed by atoms with Gasteiger partial charge in [-0.2, -0.15) is 0 Å². The van der Waals surface area contributed by atoms with Crippen LogP contribution in [-0.2, 0) is 9.84 Å². The molecule has 6 heteroatoms. The van der Waals surface area contributed by atoms with Crippen molar-refractivity contribution in [1.82, 2.24) is 5.43 Å². The smallest absolute Gasteiger partial charge is 0.151 e. The van der Waals surface area contributed by atoms with Gasteiger partial charge in [0.05, 0.1) is 18.4 Å². The Hall–Kier alpha value is -1.11. The normalized spacial score (nSPS) is 15.1. The van der Waals surface area contributed by atoms with Crippen molar-refractivity contribution in [3.63, 3.8) is 0 Å². The number of aryl methyl sites for hydroxylation is 1. The number of hydrogen-bond donors (Lipinski definition) is 2. The third kappa shape index (κ3) is 3.26. The average molecular weight is 286 g/mol. The monoisotopic (exact) mass is 286 g/mol. The summed E-state index contributed by atoms with van der Waals surface area (Å²) in [7, 11) is -1.63. The predicted molar refractivity (Wildman–Crippen MR) is 76.8 cm³/mol. The molecule has 0 bridgehead atoms. The van der Waals surface area contributed by atoms with Gasteiger partial charge in [0, 0.05) is 11.8 Å². The number of hydrogen-bond acceptors (Lipinski definition) is 5. The Kier molecular flexibility index (Phi) is 4.95. The molecule has 0 saturated carbocycles. The maximum atomic E-state index is 11.7. The van der Waals surface area contributed by atoms with Gasteiger partial charge < -0.3 is 4.74 Å². The molecule has 5 nitrogen and oxygen atoms in total. The van der Waals surface area contributed by atoms with Gasteiger partial charge in [-0.1, -0.05) is 12.1 Å². The molecule has 108 valence electrons. The van der Waals surface area contributed by atoms with E-state index in [9.17, 15) is 8.42 Å². The molecular weight excluding hydrogens is 264 g/mol. The zero-order valence-corrected chi connectivity index (χ0v) is 12.8. The molecule has 3 N–H and O–H groups in total. The molecule has 2 atom stereocenters. The van der Waals surface area contributed by atoms with Crippen molar-refractivity contribution in [1.29, 1.82) is 0 Å². The minimum absolute atomic E-state index is 0.510. The lowest BCUT2D eigenvalue weighted by atomic mass is 9.98. The highest BCUT2D eigenvalue weighted by atomic mass is 32.2. The minimum Gasteiger partial charge on any atom is -0.496 e. The fraction of sp³-hybridized carbons (Fsp3) is 0.538. The van der Waals surface area contributed by atoms with Crippen LogP contribution in [0.2, 0.25) is 0 Å². The van der Waals surface area contributed by atoms with Crippen LogP contribution in [-0.4, -0.2) is 27.0 Å². The molecule has 0 saturated heterocycles. The zero-order valence-electron chi connectivity index (χ0n) is 12.0. The number of methoxy groups -OCH3 is 1. The van der Waals surface area contributed by atoms with E-state index >= 15 is 0 Å². The first kappa shape index (κ1) is 15.9. The van der Waals surface area contributed by atoms with Crippen molar-refractivity contribution >= 4 is 9.84 Å². The second kappa shape index (κ2) is 5.90. The summed E-state index contributed by atoms with van der Waals surface area (Å²) in [6, 6.07) is 3.28. The van der Waals surface area contributed by atoms with Gasteiger partial charge in [-0.3, -0.25) is 11.3 Å². The van der Waals surface area contributed by atoms with Crippen LogP contribution in [0.1, 0.15) is 29.7 Å². The molecule has 0 radical (unpaired) electrons. The summed E-state index contributed by atoms with van der Waals surface area (Å²) in [5.74, 6) is 6.22. The average Bonchev–Trinajstić information content (AvgIpc) is 2.33. The van der Waals surface area contributed by atoms with Gasteiger partial charge in [-0.05, 0) is 31.9 Å². The molecule has 0 aliphatic carbocycles. The minimum atomic E-state index is -3.21. The van der Waals surface area contributed by atoms with Gasteiger partial charge in [0.2, 0.25) is 0 Å². The van der Waals surface area contributed by atoms with E-state index in [-0.39, 0.29) is 0 Å². The fourth-order valence-electron chi connectivity index (χ4n) is 2.05. The van der Waals surface area contributed by atoms with Gasteiger partial charge in [-0.15, -0.1) is 0 Å². The highest BCUT2D eigenvalue weighted by molar-refractivity contribution is 7.91. The lowest BCUT2D eigenvalue weighted by Gasteiger charge is -2.25. The van der Waals surface area contributed by atoms with Crippen LogP contribution in [0.3, 0.4) is 0 Å². The molecule has 0 aliphatic rings. The molecular formula is C13H22N2O3S. The van der Waals surface area contributed by atoms with Crippen LogP contribution in [0.15, 0.2) is 12.1 Å². The molecule has 1 aromatic carbocycles. The number of ether oxygens (including phenoxy) is 1. The third-order valence-electron chi connectivity index (χ3n) is 3.57. The first-order valence-electron chi connectivity index (χ1n) is 6.03. The van der Waals surface area contributed by atoms with E-state index < -0.39 is 21.1 Å². The lowest BCUT2D eigenvalue weighted by Crippen LogP contribution is -2.39. The van der Waals surface area contributed by atoms with Gasteiger partial charge in [0.15, 0.2) is 9.84 Å². The van der Waals surface area contributed by atoms with Gasteiger partial charge in [0.1, 0.15) is 5.75 Å². The molecule has 0 aromatic heterocycles. The predicted octanol–water partition coefficient (Wildman–Crippen LogP) is 1.25. The topological polar surface area (TPSA) is 81.4 Å². The van der Waals surface area contributed by atoms with Crippen molar-refractivity contribution in [3.05, 3.63) is 28.8 Å². The van der Waals surface area contributed by atoms with Gasteiger partial charge in [-0.25, -0.2) is 8.42 Å². The molecule has 19 heavy (non-hydrogen) atoms. The highest BCUT2D eigenvalue weighted by Crippen LogP contribution is 2.33. The summed E-state index contributed by atoms with van der Waals surface area (Å²) in [6.45, 7) is 5.55. The summed E-state index contributed by atoms with van der Waals surface area (Å²) in [5.41, 5.74) is 5.42. The SMILES string of the molecule is COc1c(C(NN)C(C)S(C)(=O)=O)ccc(C)c1C. The molecule has 0 spiro atoms. The Balaban J connectivity index is 3.38. The Bertz CT molecular complexity index is 555. The number of benzene rings is 1. The first-order valence-corrected chi connectivity index (χ1v) is 7.98. The van der Waals surface area contributed by atoms with E-state index in [1.54, 1.807) is 14.0 Å². The second-order valence-corrected chi connectivity index (χ2v) is 7.21. The van der Waals surface area contributed by atoms with Crippen LogP contribution in [0, 0.1) is 13.8 Å². The molecule has 0 aliphatic heterocycles. The van der Waals surface area contributed by atoms with E-state index in [1.807, 2.05) is 26.0 Å². The molecule has 0 fully saturated rings. The van der Waals surface area contributed by atoms with E-state index in [0.29, 0.717) is 5.75 Å². The molecule has 0 heterocycles. The van der Waals surface area contributed by atoms with Crippen LogP contribution in [0.4, 0.5) is 0 Å². The van der Waals surface area contributed by atoms with E-state index in [2.05, 4.69) is 5.43 Å². The Morgan fingerprint density at radius 1 is 1.32 bits per heavy atom. The van der Waals surface area contributed by atoms with Crippen molar-refractivity contribution in [2.75, 3.05) is 13.4 Å². The fourth-order valence-corrected chi connectivity index (χ4v) is 2.77. The maximum Gasteiger partial charge on any atom is 0.151 e. The van der Waals surface area contributed by atoms with E-state index in [1.165, 1.54) is 6.26 Å². The molecule has 1 rings (SSSR count). The lowest BCUT2D eigenvalue weighted by molar-refractivity contribution is 0.394. The Labute approximate surface area is 115 Å². The van der Waals surface area contributed by atoms with Gasteiger partial charge >= 0.3 is 0 Å². The number of nitrogens with two attached hydrogens (primary N) is 1. The van der Waals surface area contributed by atoms with Crippen molar-refractivity contribution in [2.45, 2.75) is 32.1 Å². The largest absolute Gasteiger partial charge is 0.496 e. The molecule has 2 unspecified atom stereocenters. The number of hydrazine groups is 1. The molecule has 0 amide bonds. The maximum absolute atomic E-state index is 11.7. The summed E-state index contributed by atoms with van der Waals surface area (Å²) in [4.78, 5) is 0. The summed E-state index contributed by atoms with van der Waals surface area (Å²) >= 11 is 0. The van der Waals surface area contributed by atoms with E-state index in [0.717, 1.165) is 16.7 Å². The second-order valence-electron chi connectivity index (χ2n) is 4.81. The standard InChI is InChI=1S/C13H22N2O3S/c1-8-6-7-11(13(18-4)9(8)2)12(15-14)10(3)19(5,16)17/h6-7,10,12,15H,14H2,1-5H3. The summed E-state index contributed by atoms with van der Waals surface area (Å²) in [5, 5.41) is -0.645. The van der Waals surface area contributed by atoms with Crippen LogP contribution >= 0.6 is 0 Å². The molecule has 1 aromatic rings. The van der Waals surface area contributed by atoms with Crippen molar-refractivity contribution in [3.8, 4) is 5.75 Å². The third-order valence-corrected chi connectivity index (χ3v) is 5.19. The van der Waals surface area contributed by atoms with Crippen LogP contribution < -0.4 is 16.0 Å². The van der Waals surface area contributed by atoms with Crippen molar-refractivity contribution < 1.29 is 13.2 Å². The number of sulfone groups is 1. The van der Waals surface area contributed by atoms with E-state index in [4.69, 9.17) is 10.6 Å². The quantitative estimate of drug-likeness (QED) is 0.629. The van der Waals surface area contributed by atoms with Crippen molar-refractivity contribution in [2.24, 2.45) is 5.84 Å². The number of nitrogens with one attached hydrogen (secondary N) is 1. The first-order chi connectivity index (χ1) is 8.73. The summed E-state index contributed by atoms with van der Waals surface area (Å²) < 4.78 is 28.9. The highest BCUT2D eigenvalue weighted by Gasteiger charge is 2.29. The Morgan fingerprint density at radius 3 is 2.32 bits per heavy atom. The summed E-state index contributed by atoms with van der Waals surface area (Å²) in [6.07, 6.45) is 1.20.